The SMILES string of the molecule is CC12CCC(C)(CC(O)C1)O2. The zero-order valence-corrected chi connectivity index (χ0v) is 7.26. The van der Waals surface area contributed by atoms with Gasteiger partial charge in [0.05, 0.1) is 17.3 Å². The summed E-state index contributed by atoms with van der Waals surface area (Å²) in [6.45, 7) is 4.22. The fourth-order valence-electron chi connectivity index (χ4n) is 2.58. The Hall–Kier alpha value is -0.0800. The molecule has 2 atom stereocenters. The molecule has 0 aromatic heterocycles. The molecule has 2 bridgehead atoms. The monoisotopic (exact) mass is 156 g/mol. The molecule has 0 amide bonds. The molecule has 2 heteroatoms. The first-order chi connectivity index (χ1) is 5.02. The summed E-state index contributed by atoms with van der Waals surface area (Å²) in [5.41, 5.74) is -0.0428. The van der Waals surface area contributed by atoms with Gasteiger partial charge in [0, 0.05) is 12.8 Å². The zero-order chi connectivity index (χ0) is 8.11. The van der Waals surface area contributed by atoms with E-state index in [0.29, 0.717) is 0 Å². The first kappa shape index (κ1) is 7.56. The van der Waals surface area contributed by atoms with Gasteiger partial charge in [-0.2, -0.15) is 0 Å². The topological polar surface area (TPSA) is 29.5 Å². The maximum Gasteiger partial charge on any atom is 0.0687 e. The lowest BCUT2D eigenvalue weighted by Gasteiger charge is -2.38. The van der Waals surface area contributed by atoms with E-state index in [2.05, 4.69) is 13.8 Å². The molecule has 11 heavy (non-hydrogen) atoms. The molecular weight excluding hydrogens is 140 g/mol. The van der Waals surface area contributed by atoms with Crippen molar-refractivity contribution in [1.29, 1.82) is 0 Å². The summed E-state index contributed by atoms with van der Waals surface area (Å²) in [6.07, 6.45) is 3.73. The van der Waals surface area contributed by atoms with E-state index in [-0.39, 0.29) is 17.3 Å². The summed E-state index contributed by atoms with van der Waals surface area (Å²) in [6, 6.07) is 0. The molecule has 0 spiro atoms. The van der Waals surface area contributed by atoms with Crippen LogP contribution in [-0.2, 0) is 4.74 Å². The van der Waals surface area contributed by atoms with E-state index in [1.165, 1.54) is 0 Å². The number of aliphatic hydroxyl groups is 1. The summed E-state index contributed by atoms with van der Waals surface area (Å²) < 4.78 is 5.88. The normalized spacial score (nSPS) is 56.5. The van der Waals surface area contributed by atoms with E-state index in [4.69, 9.17) is 4.74 Å². The van der Waals surface area contributed by atoms with Gasteiger partial charge in [-0.05, 0) is 26.7 Å². The van der Waals surface area contributed by atoms with Crippen molar-refractivity contribution in [3.05, 3.63) is 0 Å². The second-order valence-corrected chi connectivity index (χ2v) is 4.56. The summed E-state index contributed by atoms with van der Waals surface area (Å²) in [4.78, 5) is 0. The Balaban J connectivity index is 2.21. The number of hydrogen-bond donors (Lipinski definition) is 1. The summed E-state index contributed by atoms with van der Waals surface area (Å²) in [5, 5.41) is 9.54. The van der Waals surface area contributed by atoms with Gasteiger partial charge in [0.1, 0.15) is 0 Å². The highest BCUT2D eigenvalue weighted by Crippen LogP contribution is 2.47. The van der Waals surface area contributed by atoms with Crippen LogP contribution < -0.4 is 0 Å². The molecule has 2 aliphatic heterocycles. The lowest BCUT2D eigenvalue weighted by atomic mass is 9.93. The Kier molecular flexibility index (Phi) is 1.37. The van der Waals surface area contributed by atoms with Crippen LogP contribution in [-0.4, -0.2) is 22.4 Å². The second-order valence-electron chi connectivity index (χ2n) is 4.56. The quantitative estimate of drug-likeness (QED) is 0.575. The molecule has 2 heterocycles. The lowest BCUT2D eigenvalue weighted by molar-refractivity contribution is -0.155. The van der Waals surface area contributed by atoms with Crippen molar-refractivity contribution >= 4 is 0 Å². The lowest BCUT2D eigenvalue weighted by Crippen LogP contribution is -2.42. The van der Waals surface area contributed by atoms with Crippen molar-refractivity contribution in [2.45, 2.75) is 56.8 Å². The van der Waals surface area contributed by atoms with Crippen LogP contribution in [0, 0.1) is 0 Å². The maximum absolute atomic E-state index is 9.54. The predicted molar refractivity (Wildman–Crippen MR) is 42.4 cm³/mol. The molecule has 2 unspecified atom stereocenters. The van der Waals surface area contributed by atoms with E-state index < -0.39 is 0 Å². The van der Waals surface area contributed by atoms with Gasteiger partial charge >= 0.3 is 0 Å². The third-order valence-corrected chi connectivity index (χ3v) is 3.01. The van der Waals surface area contributed by atoms with Crippen molar-refractivity contribution in [3.63, 3.8) is 0 Å². The van der Waals surface area contributed by atoms with Crippen molar-refractivity contribution in [2.75, 3.05) is 0 Å². The highest BCUT2D eigenvalue weighted by atomic mass is 16.5. The average molecular weight is 156 g/mol. The highest BCUT2D eigenvalue weighted by molar-refractivity contribution is 4.99. The Morgan fingerprint density at radius 1 is 1.18 bits per heavy atom. The second kappa shape index (κ2) is 1.99. The first-order valence-corrected chi connectivity index (χ1v) is 4.40. The van der Waals surface area contributed by atoms with Gasteiger partial charge in [0.25, 0.3) is 0 Å². The Morgan fingerprint density at radius 2 is 1.64 bits per heavy atom. The van der Waals surface area contributed by atoms with Crippen LogP contribution in [0.2, 0.25) is 0 Å². The number of hydrogen-bond acceptors (Lipinski definition) is 2. The van der Waals surface area contributed by atoms with Crippen LogP contribution in [0.3, 0.4) is 0 Å². The minimum Gasteiger partial charge on any atom is -0.393 e. The smallest absolute Gasteiger partial charge is 0.0687 e. The van der Waals surface area contributed by atoms with Crippen LogP contribution in [0.1, 0.15) is 39.5 Å². The fourth-order valence-corrected chi connectivity index (χ4v) is 2.58. The van der Waals surface area contributed by atoms with Crippen molar-refractivity contribution in [3.8, 4) is 0 Å². The molecule has 2 saturated heterocycles. The standard InChI is InChI=1S/C9H16O2/c1-8-3-4-9(2,11-8)6-7(10)5-8/h7,10H,3-6H2,1-2H3. The molecule has 0 aliphatic carbocycles. The van der Waals surface area contributed by atoms with Gasteiger partial charge in [0.15, 0.2) is 0 Å². The Labute approximate surface area is 67.6 Å². The van der Waals surface area contributed by atoms with E-state index in [9.17, 15) is 5.11 Å². The number of fused-ring (bicyclic) bond motifs is 2. The van der Waals surface area contributed by atoms with E-state index in [1.807, 2.05) is 0 Å². The first-order valence-electron chi connectivity index (χ1n) is 4.40. The minimum absolute atomic E-state index is 0.0214. The predicted octanol–water partition coefficient (Wildman–Crippen LogP) is 1.47. The molecule has 0 aromatic rings. The molecule has 1 N–H and O–H groups in total. The van der Waals surface area contributed by atoms with Crippen molar-refractivity contribution in [2.24, 2.45) is 0 Å². The molecule has 2 aliphatic rings. The maximum atomic E-state index is 9.54. The van der Waals surface area contributed by atoms with Crippen molar-refractivity contribution < 1.29 is 9.84 Å². The van der Waals surface area contributed by atoms with Crippen LogP contribution in [0.4, 0.5) is 0 Å². The molecule has 0 aromatic carbocycles. The molecular formula is C9H16O2. The minimum atomic E-state index is -0.138. The summed E-state index contributed by atoms with van der Waals surface area (Å²) in [7, 11) is 0. The van der Waals surface area contributed by atoms with Gasteiger partial charge in [-0.1, -0.05) is 0 Å². The van der Waals surface area contributed by atoms with Crippen LogP contribution >= 0.6 is 0 Å². The third-order valence-electron chi connectivity index (χ3n) is 3.01. The highest BCUT2D eigenvalue weighted by Gasteiger charge is 2.49. The summed E-state index contributed by atoms with van der Waals surface area (Å²) in [5.74, 6) is 0. The number of aliphatic hydroxyl groups excluding tert-OH is 1. The van der Waals surface area contributed by atoms with E-state index >= 15 is 0 Å². The Morgan fingerprint density at radius 3 is 2.09 bits per heavy atom. The fraction of sp³-hybridized carbons (Fsp3) is 1.00. The molecule has 0 saturated carbocycles. The summed E-state index contributed by atoms with van der Waals surface area (Å²) >= 11 is 0. The van der Waals surface area contributed by atoms with Gasteiger partial charge < -0.3 is 9.84 Å². The molecule has 2 fully saturated rings. The third kappa shape index (κ3) is 1.18. The Bertz CT molecular complexity index is 162. The van der Waals surface area contributed by atoms with Gasteiger partial charge in [-0.3, -0.25) is 0 Å². The van der Waals surface area contributed by atoms with E-state index in [1.54, 1.807) is 0 Å². The van der Waals surface area contributed by atoms with Gasteiger partial charge in [-0.15, -0.1) is 0 Å². The molecule has 0 radical (unpaired) electrons. The number of ether oxygens (including phenoxy) is 1. The largest absolute Gasteiger partial charge is 0.393 e. The van der Waals surface area contributed by atoms with E-state index in [0.717, 1.165) is 25.7 Å². The van der Waals surface area contributed by atoms with Gasteiger partial charge in [0.2, 0.25) is 0 Å². The van der Waals surface area contributed by atoms with Gasteiger partial charge in [-0.25, -0.2) is 0 Å². The van der Waals surface area contributed by atoms with Crippen LogP contribution in [0.15, 0.2) is 0 Å². The van der Waals surface area contributed by atoms with Crippen molar-refractivity contribution in [1.82, 2.24) is 0 Å². The zero-order valence-electron chi connectivity index (χ0n) is 7.26. The average Bonchev–Trinajstić information content (AvgIpc) is 2.01. The van der Waals surface area contributed by atoms with Crippen LogP contribution in [0.5, 0.6) is 0 Å². The van der Waals surface area contributed by atoms with Crippen LogP contribution in [0.25, 0.3) is 0 Å². The molecule has 2 nitrogen and oxygen atoms in total. The molecule has 2 rings (SSSR count). The number of rotatable bonds is 0. The molecule has 64 valence electrons.